The lowest BCUT2D eigenvalue weighted by molar-refractivity contribution is -0.117. The van der Waals surface area contributed by atoms with E-state index < -0.39 is 0 Å². The Morgan fingerprint density at radius 2 is 1.69 bits per heavy atom. The van der Waals surface area contributed by atoms with E-state index in [1.165, 1.54) is 5.56 Å². The molecule has 5 nitrogen and oxygen atoms in total. The minimum Gasteiger partial charge on any atom is -0.331 e. The minimum atomic E-state index is -0.275. The van der Waals surface area contributed by atoms with Crippen molar-refractivity contribution in [1.29, 1.82) is 0 Å². The third-order valence-electron chi connectivity index (χ3n) is 4.57. The lowest BCUT2D eigenvalue weighted by atomic mass is 10.1. The summed E-state index contributed by atoms with van der Waals surface area (Å²) in [5.41, 5.74) is 3.67. The molecule has 26 heavy (non-hydrogen) atoms. The van der Waals surface area contributed by atoms with Crippen molar-refractivity contribution in [2.24, 2.45) is 5.92 Å². The summed E-state index contributed by atoms with van der Waals surface area (Å²) < 4.78 is 0. The second kappa shape index (κ2) is 8.04. The molecule has 1 aliphatic carbocycles. The van der Waals surface area contributed by atoms with E-state index in [0.717, 1.165) is 24.8 Å². The molecule has 0 bridgehead atoms. The first-order valence-corrected chi connectivity index (χ1v) is 9.12. The van der Waals surface area contributed by atoms with Crippen LogP contribution in [0.25, 0.3) is 0 Å². The standard InChI is InChI=1S/C21H25N3O2/c1-3-15-7-9-16(10-8-15)14(2)22-21(26)24-19-6-4-5-18(13-19)23-20(25)17-11-12-17/h4-10,13-14,17H,3,11-12H2,1-2H3,(H,23,25)(H2,22,24,26). The summed E-state index contributed by atoms with van der Waals surface area (Å²) in [4.78, 5) is 24.1. The number of carbonyl (C=O) groups excluding carboxylic acids is 2. The quantitative estimate of drug-likeness (QED) is 0.718. The summed E-state index contributed by atoms with van der Waals surface area (Å²) in [6.45, 7) is 4.07. The van der Waals surface area contributed by atoms with Gasteiger partial charge in [-0.05, 0) is 55.5 Å². The van der Waals surface area contributed by atoms with Gasteiger partial charge in [0.1, 0.15) is 0 Å². The summed E-state index contributed by atoms with van der Waals surface area (Å²) in [6, 6.07) is 15.1. The molecule has 0 heterocycles. The van der Waals surface area contributed by atoms with Crippen LogP contribution in [0.15, 0.2) is 48.5 Å². The van der Waals surface area contributed by atoms with Crippen molar-refractivity contribution in [2.45, 2.75) is 39.2 Å². The first-order valence-electron chi connectivity index (χ1n) is 9.12. The van der Waals surface area contributed by atoms with Gasteiger partial charge in [0.15, 0.2) is 0 Å². The summed E-state index contributed by atoms with van der Waals surface area (Å²) in [5, 5.41) is 8.64. The number of urea groups is 1. The molecule has 0 spiro atoms. The molecule has 136 valence electrons. The van der Waals surface area contributed by atoms with Crippen molar-refractivity contribution in [3.63, 3.8) is 0 Å². The van der Waals surface area contributed by atoms with Gasteiger partial charge in [0.25, 0.3) is 0 Å². The lowest BCUT2D eigenvalue weighted by Gasteiger charge is -2.16. The largest absolute Gasteiger partial charge is 0.331 e. The predicted octanol–water partition coefficient (Wildman–Crippen LogP) is 4.48. The van der Waals surface area contributed by atoms with Gasteiger partial charge in [-0.2, -0.15) is 0 Å². The fraction of sp³-hybridized carbons (Fsp3) is 0.333. The van der Waals surface area contributed by atoms with Crippen molar-refractivity contribution in [2.75, 3.05) is 10.6 Å². The zero-order chi connectivity index (χ0) is 18.5. The third kappa shape index (κ3) is 4.85. The zero-order valence-corrected chi connectivity index (χ0v) is 15.2. The van der Waals surface area contributed by atoms with Gasteiger partial charge in [-0.25, -0.2) is 4.79 Å². The summed E-state index contributed by atoms with van der Waals surface area (Å²) in [6.07, 6.45) is 2.92. The molecule has 1 unspecified atom stereocenters. The molecule has 1 aliphatic rings. The van der Waals surface area contributed by atoms with Gasteiger partial charge in [-0.15, -0.1) is 0 Å². The molecule has 3 rings (SSSR count). The lowest BCUT2D eigenvalue weighted by Crippen LogP contribution is -2.31. The van der Waals surface area contributed by atoms with Crippen LogP contribution in [0.3, 0.4) is 0 Å². The molecule has 2 aromatic carbocycles. The fourth-order valence-corrected chi connectivity index (χ4v) is 2.75. The van der Waals surface area contributed by atoms with E-state index in [1.54, 1.807) is 12.1 Å². The van der Waals surface area contributed by atoms with Gasteiger partial charge < -0.3 is 16.0 Å². The molecule has 2 aromatic rings. The maximum absolute atomic E-state index is 12.3. The maximum Gasteiger partial charge on any atom is 0.319 e. The van der Waals surface area contributed by atoms with Crippen LogP contribution in [-0.2, 0) is 11.2 Å². The van der Waals surface area contributed by atoms with Crippen LogP contribution in [0.2, 0.25) is 0 Å². The van der Waals surface area contributed by atoms with Crippen molar-refractivity contribution >= 4 is 23.3 Å². The van der Waals surface area contributed by atoms with Gasteiger partial charge in [0, 0.05) is 17.3 Å². The van der Waals surface area contributed by atoms with Crippen molar-refractivity contribution in [1.82, 2.24) is 5.32 Å². The van der Waals surface area contributed by atoms with Crippen LogP contribution in [0.1, 0.15) is 43.9 Å². The topological polar surface area (TPSA) is 70.2 Å². The van der Waals surface area contributed by atoms with E-state index in [-0.39, 0.29) is 23.9 Å². The second-order valence-corrected chi connectivity index (χ2v) is 6.76. The Labute approximate surface area is 154 Å². The first kappa shape index (κ1) is 18.0. The Bertz CT molecular complexity index is 782. The average Bonchev–Trinajstić information content (AvgIpc) is 3.47. The third-order valence-corrected chi connectivity index (χ3v) is 4.57. The van der Waals surface area contributed by atoms with Crippen LogP contribution in [-0.4, -0.2) is 11.9 Å². The number of anilines is 2. The van der Waals surface area contributed by atoms with E-state index in [1.807, 2.05) is 31.2 Å². The average molecular weight is 351 g/mol. The van der Waals surface area contributed by atoms with Gasteiger partial charge >= 0.3 is 6.03 Å². The maximum atomic E-state index is 12.3. The second-order valence-electron chi connectivity index (χ2n) is 6.76. The summed E-state index contributed by atoms with van der Waals surface area (Å²) in [5.74, 6) is 0.200. The highest BCUT2D eigenvalue weighted by Gasteiger charge is 2.29. The predicted molar refractivity (Wildman–Crippen MR) is 104 cm³/mol. The van der Waals surface area contributed by atoms with Gasteiger partial charge in [-0.1, -0.05) is 37.3 Å². The zero-order valence-electron chi connectivity index (χ0n) is 15.2. The van der Waals surface area contributed by atoms with Gasteiger partial charge in [0.2, 0.25) is 5.91 Å². The monoisotopic (exact) mass is 351 g/mol. The van der Waals surface area contributed by atoms with Gasteiger partial charge in [0.05, 0.1) is 6.04 Å². The van der Waals surface area contributed by atoms with E-state index in [4.69, 9.17) is 0 Å². The van der Waals surface area contributed by atoms with Crippen molar-refractivity contribution < 1.29 is 9.59 Å². The van der Waals surface area contributed by atoms with Crippen LogP contribution in [0, 0.1) is 5.92 Å². The normalized spacial score (nSPS) is 14.4. The molecule has 3 amide bonds. The molecular weight excluding hydrogens is 326 g/mol. The van der Waals surface area contributed by atoms with Crippen LogP contribution in [0.5, 0.6) is 0 Å². The highest BCUT2D eigenvalue weighted by Crippen LogP contribution is 2.30. The summed E-state index contributed by atoms with van der Waals surface area (Å²) >= 11 is 0. The first-order chi connectivity index (χ1) is 12.5. The van der Waals surface area contributed by atoms with E-state index in [9.17, 15) is 9.59 Å². The number of benzene rings is 2. The highest BCUT2D eigenvalue weighted by molar-refractivity contribution is 5.95. The van der Waals surface area contributed by atoms with E-state index >= 15 is 0 Å². The molecule has 1 saturated carbocycles. The number of hydrogen-bond donors (Lipinski definition) is 3. The highest BCUT2D eigenvalue weighted by atomic mass is 16.2. The summed E-state index contributed by atoms with van der Waals surface area (Å²) in [7, 11) is 0. The van der Waals surface area contributed by atoms with Crippen LogP contribution in [0.4, 0.5) is 16.2 Å². The molecule has 0 saturated heterocycles. The molecule has 1 atom stereocenters. The number of amides is 3. The van der Waals surface area contributed by atoms with Crippen LogP contribution >= 0.6 is 0 Å². The van der Waals surface area contributed by atoms with E-state index in [2.05, 4.69) is 35.0 Å². The minimum absolute atomic E-state index is 0.0516. The smallest absolute Gasteiger partial charge is 0.319 e. The Morgan fingerprint density at radius 3 is 2.31 bits per heavy atom. The SMILES string of the molecule is CCc1ccc(C(C)NC(=O)Nc2cccc(NC(=O)C3CC3)c2)cc1. The molecule has 3 N–H and O–H groups in total. The number of aryl methyl sites for hydroxylation is 1. The molecular formula is C21H25N3O2. The number of rotatable bonds is 6. The van der Waals surface area contributed by atoms with Crippen molar-refractivity contribution in [3.8, 4) is 0 Å². The fourth-order valence-electron chi connectivity index (χ4n) is 2.75. The van der Waals surface area contributed by atoms with Crippen molar-refractivity contribution in [3.05, 3.63) is 59.7 Å². The Hall–Kier alpha value is -2.82. The van der Waals surface area contributed by atoms with Gasteiger partial charge in [-0.3, -0.25) is 4.79 Å². The van der Waals surface area contributed by atoms with Crippen LogP contribution < -0.4 is 16.0 Å². The molecule has 0 aliphatic heterocycles. The number of hydrogen-bond acceptors (Lipinski definition) is 2. The number of nitrogens with one attached hydrogen (secondary N) is 3. The Balaban J connectivity index is 1.55. The Morgan fingerprint density at radius 1 is 1.04 bits per heavy atom. The molecule has 1 fully saturated rings. The number of carbonyl (C=O) groups is 2. The molecule has 0 aromatic heterocycles. The molecule has 0 radical (unpaired) electrons. The van der Waals surface area contributed by atoms with E-state index in [0.29, 0.717) is 11.4 Å². The Kier molecular flexibility index (Phi) is 5.56. The molecule has 5 heteroatoms.